The molecule has 67 heavy (non-hydrogen) atoms. The molecular formula is C59H36N6O2. The van der Waals surface area contributed by atoms with Gasteiger partial charge in [-0.05, 0) is 107 Å². The topological polar surface area (TPSA) is 95.7 Å². The van der Waals surface area contributed by atoms with Gasteiger partial charge in [-0.2, -0.15) is 0 Å². The van der Waals surface area contributed by atoms with Crippen LogP contribution in [0.1, 0.15) is 0 Å². The van der Waals surface area contributed by atoms with E-state index in [0.717, 1.165) is 77.9 Å². The van der Waals surface area contributed by atoms with Gasteiger partial charge in [0.1, 0.15) is 11.0 Å². The number of nitrogens with zero attached hydrogens (tertiary/aromatic N) is 6. The van der Waals surface area contributed by atoms with E-state index >= 15 is 0 Å². The number of para-hydroxylation sites is 5. The highest BCUT2D eigenvalue weighted by Crippen LogP contribution is 2.38. The second-order valence-electron chi connectivity index (χ2n) is 16.5. The molecule has 4 aromatic heterocycles. The highest BCUT2D eigenvalue weighted by atomic mass is 16.4. The molecule has 0 spiro atoms. The molecule has 0 atom stereocenters. The van der Waals surface area contributed by atoms with Gasteiger partial charge in [-0.3, -0.25) is 0 Å². The van der Waals surface area contributed by atoms with E-state index in [9.17, 15) is 0 Å². The summed E-state index contributed by atoms with van der Waals surface area (Å²) >= 11 is 0. The number of aromatic nitrogens is 6. The van der Waals surface area contributed by atoms with Crippen molar-refractivity contribution in [2.24, 2.45) is 0 Å². The van der Waals surface area contributed by atoms with Crippen LogP contribution in [0, 0.1) is 0 Å². The maximum absolute atomic E-state index is 6.07. The summed E-state index contributed by atoms with van der Waals surface area (Å²) in [5.74, 6) is 2.77. The monoisotopic (exact) mass is 860 g/mol. The Balaban J connectivity index is 0.882. The van der Waals surface area contributed by atoms with Crippen molar-refractivity contribution in [3.63, 3.8) is 0 Å². The summed E-state index contributed by atoms with van der Waals surface area (Å²) in [5, 5.41) is 2.39. The van der Waals surface area contributed by atoms with Crippen molar-refractivity contribution in [3.05, 3.63) is 218 Å². The zero-order valence-corrected chi connectivity index (χ0v) is 35.8. The SMILES string of the molecule is c1ccc(-c2ccc3c(c2)c2cc(-c4ccc(-c5nc(-c6ccc(-c7nc8ccccc8o7)cc6)nc(-c6ccc(-c7nc8ccccc8o7)cc6)n5)cc4)ccc2n3-c2ccccc2)cc1. The molecule has 8 nitrogen and oxygen atoms in total. The molecule has 0 radical (unpaired) electrons. The van der Waals surface area contributed by atoms with Gasteiger partial charge in [-0.1, -0.05) is 133 Å². The van der Waals surface area contributed by atoms with Crippen LogP contribution in [-0.4, -0.2) is 29.5 Å². The second-order valence-corrected chi connectivity index (χ2v) is 16.5. The fraction of sp³-hybridized carbons (Fsp3) is 0. The van der Waals surface area contributed by atoms with Crippen LogP contribution in [0.2, 0.25) is 0 Å². The second kappa shape index (κ2) is 15.8. The van der Waals surface area contributed by atoms with Crippen molar-refractivity contribution in [1.29, 1.82) is 0 Å². The van der Waals surface area contributed by atoms with Crippen molar-refractivity contribution in [2.45, 2.75) is 0 Å². The highest BCUT2D eigenvalue weighted by Gasteiger charge is 2.18. The average Bonchev–Trinajstić information content (AvgIpc) is 4.13. The van der Waals surface area contributed by atoms with Gasteiger partial charge in [0.05, 0.1) is 11.0 Å². The van der Waals surface area contributed by atoms with Gasteiger partial charge in [-0.15, -0.1) is 0 Å². The Morgan fingerprint density at radius 3 is 1.09 bits per heavy atom. The van der Waals surface area contributed by atoms with Gasteiger partial charge in [0.2, 0.25) is 11.8 Å². The minimum Gasteiger partial charge on any atom is -0.436 e. The summed E-state index contributed by atoms with van der Waals surface area (Å²) in [5.41, 5.74) is 15.4. The molecule has 13 rings (SSSR count). The van der Waals surface area contributed by atoms with Gasteiger partial charge in [0.25, 0.3) is 0 Å². The van der Waals surface area contributed by atoms with Crippen molar-refractivity contribution >= 4 is 44.0 Å². The Morgan fingerprint density at radius 1 is 0.284 bits per heavy atom. The number of hydrogen-bond acceptors (Lipinski definition) is 7. The molecule has 13 aromatic rings. The first-order chi connectivity index (χ1) is 33.1. The maximum Gasteiger partial charge on any atom is 0.227 e. The molecule has 0 aliphatic heterocycles. The molecule has 9 aromatic carbocycles. The Kier molecular flexibility index (Phi) is 8.99. The molecule has 0 N–H and O–H groups in total. The van der Waals surface area contributed by atoms with Crippen LogP contribution in [-0.2, 0) is 0 Å². The summed E-state index contributed by atoms with van der Waals surface area (Å²) in [4.78, 5) is 24.6. The molecule has 4 heterocycles. The van der Waals surface area contributed by atoms with Gasteiger partial charge in [-0.25, -0.2) is 24.9 Å². The smallest absolute Gasteiger partial charge is 0.227 e. The lowest BCUT2D eigenvalue weighted by atomic mass is 9.99. The van der Waals surface area contributed by atoms with Crippen LogP contribution in [0.25, 0.3) is 129 Å². The van der Waals surface area contributed by atoms with Crippen LogP contribution in [0.3, 0.4) is 0 Å². The first kappa shape index (κ1) is 38.2. The van der Waals surface area contributed by atoms with E-state index in [2.05, 4.69) is 126 Å². The molecule has 0 unspecified atom stereocenters. The third kappa shape index (κ3) is 6.92. The molecule has 0 saturated carbocycles. The molecule has 0 saturated heterocycles. The Labute approximate surface area is 384 Å². The first-order valence-corrected chi connectivity index (χ1v) is 22.1. The summed E-state index contributed by atoms with van der Waals surface area (Å²) in [6.45, 7) is 0. The predicted molar refractivity (Wildman–Crippen MR) is 267 cm³/mol. The molecule has 0 aliphatic carbocycles. The molecule has 314 valence electrons. The predicted octanol–water partition coefficient (Wildman–Crippen LogP) is 14.9. The van der Waals surface area contributed by atoms with E-state index in [1.165, 1.54) is 21.9 Å². The van der Waals surface area contributed by atoms with Crippen LogP contribution in [0.15, 0.2) is 227 Å². The number of hydrogen-bond donors (Lipinski definition) is 0. The molecule has 8 heteroatoms. The third-order valence-corrected chi connectivity index (χ3v) is 12.4. The molecule has 0 fully saturated rings. The average molecular weight is 861 g/mol. The zero-order valence-electron chi connectivity index (χ0n) is 35.8. The van der Waals surface area contributed by atoms with Crippen molar-refractivity contribution in [1.82, 2.24) is 29.5 Å². The zero-order chi connectivity index (χ0) is 44.3. The Hall–Kier alpha value is -9.27. The molecule has 0 aliphatic rings. The lowest BCUT2D eigenvalue weighted by Gasteiger charge is -2.10. The van der Waals surface area contributed by atoms with Crippen molar-refractivity contribution in [2.75, 3.05) is 0 Å². The van der Waals surface area contributed by atoms with Crippen molar-refractivity contribution in [3.8, 4) is 85.0 Å². The largest absolute Gasteiger partial charge is 0.436 e. The highest BCUT2D eigenvalue weighted by molar-refractivity contribution is 6.11. The van der Waals surface area contributed by atoms with E-state index in [-0.39, 0.29) is 0 Å². The van der Waals surface area contributed by atoms with Gasteiger partial charge in [0.15, 0.2) is 28.6 Å². The van der Waals surface area contributed by atoms with Crippen molar-refractivity contribution < 1.29 is 8.83 Å². The lowest BCUT2D eigenvalue weighted by Crippen LogP contribution is -2.00. The van der Waals surface area contributed by atoms with Gasteiger partial charge < -0.3 is 13.4 Å². The fourth-order valence-corrected chi connectivity index (χ4v) is 8.96. The molecular weight excluding hydrogens is 825 g/mol. The summed E-state index contributed by atoms with van der Waals surface area (Å²) in [6.07, 6.45) is 0. The number of fused-ring (bicyclic) bond motifs is 5. The molecule has 0 bridgehead atoms. The Bertz CT molecular complexity index is 3750. The minimum absolute atomic E-state index is 0.548. The van der Waals surface area contributed by atoms with Gasteiger partial charge >= 0.3 is 0 Å². The number of oxazole rings is 2. The summed E-state index contributed by atoms with van der Waals surface area (Å²) in [7, 11) is 0. The summed E-state index contributed by atoms with van der Waals surface area (Å²) < 4.78 is 14.5. The lowest BCUT2D eigenvalue weighted by molar-refractivity contribution is 0.619. The van der Waals surface area contributed by atoms with Gasteiger partial charge in [0, 0.05) is 44.3 Å². The van der Waals surface area contributed by atoms with E-state index in [4.69, 9.17) is 33.8 Å². The van der Waals surface area contributed by atoms with E-state index in [1.54, 1.807) is 0 Å². The number of rotatable bonds is 8. The van der Waals surface area contributed by atoms with Crippen LogP contribution < -0.4 is 0 Å². The van der Waals surface area contributed by atoms with Crippen LogP contribution in [0.5, 0.6) is 0 Å². The molecule has 0 amide bonds. The third-order valence-electron chi connectivity index (χ3n) is 12.4. The normalized spacial score (nSPS) is 11.6. The number of benzene rings is 9. The van der Waals surface area contributed by atoms with E-state index in [0.29, 0.717) is 29.3 Å². The van der Waals surface area contributed by atoms with Crippen LogP contribution >= 0.6 is 0 Å². The first-order valence-electron chi connectivity index (χ1n) is 22.1. The minimum atomic E-state index is 0.548. The fourth-order valence-electron chi connectivity index (χ4n) is 8.96. The summed E-state index contributed by atoms with van der Waals surface area (Å²) in [6, 6.07) is 74.7. The van der Waals surface area contributed by atoms with E-state index < -0.39 is 0 Å². The van der Waals surface area contributed by atoms with E-state index in [1.807, 2.05) is 97.1 Å². The Morgan fingerprint density at radius 2 is 0.642 bits per heavy atom. The maximum atomic E-state index is 6.07. The standard InChI is InChI=1S/C59H36N6O2/c1-3-11-37(12-4-1)44-31-33-51-47(35-44)48-36-45(32-34-52(48)65(51)46-13-5-2-6-14-46)38-19-21-39(22-20-38)55-62-56(40-23-27-42(28-24-40)58-60-49-15-7-9-17-53(49)66-58)64-57(63-55)41-25-29-43(30-26-41)59-61-50-16-8-10-18-54(50)67-59/h1-36H. The quantitative estimate of drug-likeness (QED) is 0.150. The van der Waals surface area contributed by atoms with Crippen LogP contribution in [0.4, 0.5) is 0 Å².